The zero-order valence-electron chi connectivity index (χ0n) is 29.8. The molecule has 6 aromatic rings. The van der Waals surface area contributed by atoms with E-state index >= 15 is 0 Å². The van der Waals surface area contributed by atoms with E-state index in [9.17, 15) is 17.5 Å². The van der Waals surface area contributed by atoms with Gasteiger partial charge in [-0.05, 0) is 62.5 Å². The van der Waals surface area contributed by atoms with Gasteiger partial charge >= 0.3 is 22.7 Å². The monoisotopic (exact) mass is 796 g/mol. The van der Waals surface area contributed by atoms with Crippen molar-refractivity contribution < 1.29 is 25.9 Å². The van der Waals surface area contributed by atoms with E-state index < -0.39 is 22.7 Å². The highest BCUT2D eigenvalue weighted by Gasteiger charge is 2.13. The normalized spacial score (nSPS) is 12.1. The number of anilines is 9. The minimum absolute atomic E-state index is 0.0350. The summed E-state index contributed by atoms with van der Waals surface area (Å²) in [4.78, 5) is 26.5. The lowest BCUT2D eigenvalue weighted by molar-refractivity contribution is 0.456. The van der Waals surface area contributed by atoms with Crippen LogP contribution in [0, 0.1) is 6.92 Å². The van der Waals surface area contributed by atoms with Crippen molar-refractivity contribution in [3.63, 3.8) is 0 Å². The SMILES string of the molecule is CNCCNc1nc(Nc2ccccc2)nc(Nc2ccc(/C=C/c3ccc(Nc4nc(C)nc(Nc5ccccc5)n4)cc3OS(=O)O)c(OS(=O)O)c2)n1. The van der Waals surface area contributed by atoms with Gasteiger partial charge in [0.1, 0.15) is 5.82 Å². The van der Waals surface area contributed by atoms with Gasteiger partial charge in [-0.1, -0.05) is 48.6 Å². The first kappa shape index (κ1) is 39.1. The number of hydrogen-bond donors (Lipinski definition) is 8. The van der Waals surface area contributed by atoms with Gasteiger partial charge in [0, 0.05) is 59.1 Å². The average Bonchev–Trinajstić information content (AvgIpc) is 3.15. The third-order valence-corrected chi connectivity index (χ3v) is 8.05. The number of para-hydroxylation sites is 2. The zero-order chi connectivity index (χ0) is 39.3. The van der Waals surface area contributed by atoms with Crippen molar-refractivity contribution in [2.24, 2.45) is 0 Å². The van der Waals surface area contributed by atoms with Crippen LogP contribution in [-0.4, -0.2) is 67.6 Å². The van der Waals surface area contributed by atoms with E-state index in [1.165, 1.54) is 12.1 Å². The Hall–Kier alpha value is -6.58. The molecule has 6 rings (SSSR count). The molecule has 20 heteroatoms. The second kappa shape index (κ2) is 19.1. The standard InChI is InChI=1S/C36H36N12O6S2/c1-23-39-33(41-26-9-5-3-6-10-26)47-34(40-23)43-28-17-15-24(30(21-28)53-55(49)50)13-14-25-16-18-29(22-31(25)54-56(51)52)44-36-46-32(38-20-19-37-2)45-35(48-36)42-27-11-7-4-8-12-27/h3-18,21-22,37H,19-20H2,1-2H3,(H,49,50)(H,51,52)(H2,39,40,41,43,47)(H3,38,42,44,45,46,48)/b14-13+. The molecule has 0 spiro atoms. The van der Waals surface area contributed by atoms with Crippen LogP contribution in [0.3, 0.4) is 0 Å². The van der Waals surface area contributed by atoms with E-state index in [1.54, 1.807) is 43.3 Å². The van der Waals surface area contributed by atoms with Crippen molar-refractivity contribution in [2.75, 3.05) is 46.7 Å². The summed E-state index contributed by atoms with van der Waals surface area (Å²) in [5, 5.41) is 18.7. The Balaban J connectivity index is 1.23. The summed E-state index contributed by atoms with van der Waals surface area (Å²) in [5.41, 5.74) is 3.25. The van der Waals surface area contributed by atoms with Gasteiger partial charge in [-0.3, -0.25) is 9.11 Å². The molecule has 18 nitrogen and oxygen atoms in total. The van der Waals surface area contributed by atoms with Crippen LogP contribution >= 0.6 is 0 Å². The van der Waals surface area contributed by atoms with Crippen molar-refractivity contribution >= 4 is 87.4 Å². The van der Waals surface area contributed by atoms with E-state index in [4.69, 9.17) is 8.37 Å². The van der Waals surface area contributed by atoms with Crippen molar-refractivity contribution in [3.8, 4) is 11.5 Å². The lowest BCUT2D eigenvalue weighted by Gasteiger charge is -2.13. The smallest absolute Gasteiger partial charge is 0.357 e. The quantitative estimate of drug-likeness (QED) is 0.0275. The van der Waals surface area contributed by atoms with Crippen molar-refractivity contribution in [1.82, 2.24) is 35.2 Å². The lowest BCUT2D eigenvalue weighted by atomic mass is 10.1. The Morgan fingerprint density at radius 1 is 0.554 bits per heavy atom. The molecule has 0 aliphatic carbocycles. The molecule has 0 amide bonds. The van der Waals surface area contributed by atoms with E-state index in [1.807, 2.05) is 67.7 Å². The first-order valence-electron chi connectivity index (χ1n) is 16.8. The molecule has 8 N–H and O–H groups in total. The molecule has 56 heavy (non-hydrogen) atoms. The number of benzene rings is 4. The predicted molar refractivity (Wildman–Crippen MR) is 217 cm³/mol. The molecule has 0 aliphatic heterocycles. The molecule has 0 saturated carbocycles. The summed E-state index contributed by atoms with van der Waals surface area (Å²) in [6.45, 7) is 2.95. The molecule has 2 aromatic heterocycles. The van der Waals surface area contributed by atoms with Gasteiger partial charge in [-0.2, -0.15) is 38.3 Å². The van der Waals surface area contributed by atoms with Crippen LogP contribution in [0.15, 0.2) is 97.1 Å². The summed E-state index contributed by atoms with van der Waals surface area (Å²) >= 11 is -5.33. The van der Waals surface area contributed by atoms with Crippen LogP contribution in [0.2, 0.25) is 0 Å². The van der Waals surface area contributed by atoms with E-state index in [-0.39, 0.29) is 29.3 Å². The molecular formula is C36H36N12O6S2. The number of rotatable bonds is 18. The summed E-state index contributed by atoms with van der Waals surface area (Å²) < 4.78 is 53.3. The van der Waals surface area contributed by atoms with Crippen LogP contribution in [0.25, 0.3) is 12.2 Å². The highest BCUT2D eigenvalue weighted by atomic mass is 32.2. The summed E-state index contributed by atoms with van der Waals surface area (Å²) in [7, 11) is 1.83. The highest BCUT2D eigenvalue weighted by Crippen LogP contribution is 2.31. The Labute approximate surface area is 326 Å². The zero-order valence-corrected chi connectivity index (χ0v) is 31.5. The lowest BCUT2D eigenvalue weighted by Crippen LogP contribution is -2.19. The summed E-state index contributed by atoms with van der Waals surface area (Å²) in [6, 6.07) is 28.5. The van der Waals surface area contributed by atoms with E-state index in [2.05, 4.69) is 61.8 Å². The van der Waals surface area contributed by atoms with Crippen LogP contribution in [0.5, 0.6) is 11.5 Å². The van der Waals surface area contributed by atoms with Gasteiger partial charge in [0.05, 0.1) is 0 Å². The molecule has 0 aliphatic rings. The fourth-order valence-electron chi connectivity index (χ4n) is 5.00. The maximum absolute atomic E-state index is 11.8. The largest absolute Gasteiger partial charge is 0.379 e. The van der Waals surface area contributed by atoms with Gasteiger partial charge in [0.2, 0.25) is 29.7 Å². The molecule has 0 radical (unpaired) electrons. The second-order valence-corrected chi connectivity index (χ2v) is 12.7. The van der Waals surface area contributed by atoms with Gasteiger partial charge in [0.25, 0.3) is 0 Å². The van der Waals surface area contributed by atoms with Crippen LogP contribution in [0.1, 0.15) is 17.0 Å². The summed E-state index contributed by atoms with van der Waals surface area (Å²) in [6.07, 6.45) is 3.18. The Bertz CT molecular complexity index is 2340. The molecule has 0 saturated heterocycles. The van der Waals surface area contributed by atoms with Crippen molar-refractivity contribution in [3.05, 3.63) is 114 Å². The highest BCUT2D eigenvalue weighted by molar-refractivity contribution is 7.74. The van der Waals surface area contributed by atoms with Crippen LogP contribution in [-0.2, 0) is 22.7 Å². The predicted octanol–water partition coefficient (Wildman–Crippen LogP) is 6.17. The third kappa shape index (κ3) is 11.7. The Kier molecular flexibility index (Phi) is 13.4. The first-order chi connectivity index (χ1) is 27.2. The van der Waals surface area contributed by atoms with Gasteiger partial charge < -0.3 is 40.3 Å². The molecule has 0 bridgehead atoms. The molecule has 2 unspecified atom stereocenters. The Morgan fingerprint density at radius 2 is 0.964 bits per heavy atom. The number of nitrogens with zero attached hydrogens (tertiary/aromatic N) is 6. The number of aryl methyl sites for hydroxylation is 1. The van der Waals surface area contributed by atoms with Gasteiger partial charge in [-0.25, -0.2) is 0 Å². The number of likely N-dealkylation sites (N-methyl/N-ethyl adjacent to an activating group) is 1. The maximum Gasteiger partial charge on any atom is 0.357 e. The maximum atomic E-state index is 11.8. The van der Waals surface area contributed by atoms with Crippen LogP contribution < -0.4 is 40.3 Å². The number of hydrogen-bond acceptors (Lipinski definition) is 16. The number of aromatic nitrogens is 6. The summed E-state index contributed by atoms with van der Waals surface area (Å²) in [5.74, 6) is 1.87. The molecule has 0 fully saturated rings. The van der Waals surface area contributed by atoms with Gasteiger partial charge in [0.15, 0.2) is 11.5 Å². The van der Waals surface area contributed by atoms with Crippen molar-refractivity contribution in [2.45, 2.75) is 6.92 Å². The molecular weight excluding hydrogens is 761 g/mol. The van der Waals surface area contributed by atoms with E-state index in [0.29, 0.717) is 53.3 Å². The minimum atomic E-state index is -2.67. The average molecular weight is 797 g/mol. The molecule has 288 valence electrons. The molecule has 2 atom stereocenters. The second-order valence-electron chi connectivity index (χ2n) is 11.5. The van der Waals surface area contributed by atoms with Crippen LogP contribution in [0.4, 0.5) is 52.5 Å². The first-order valence-corrected chi connectivity index (χ1v) is 18.9. The molecule has 4 aromatic carbocycles. The van der Waals surface area contributed by atoms with Crippen molar-refractivity contribution in [1.29, 1.82) is 0 Å². The van der Waals surface area contributed by atoms with Gasteiger partial charge in [-0.15, -0.1) is 0 Å². The topological polar surface area (TPSA) is 243 Å². The minimum Gasteiger partial charge on any atom is -0.379 e. The van der Waals surface area contributed by atoms with E-state index in [0.717, 1.165) is 11.4 Å². The fraction of sp³-hybridized carbons (Fsp3) is 0.111. The fourth-order valence-corrected chi connectivity index (χ4v) is 5.59. The Morgan fingerprint density at radius 3 is 1.39 bits per heavy atom. The third-order valence-electron chi connectivity index (χ3n) is 7.40. The molecule has 2 heterocycles. The number of nitrogens with one attached hydrogen (secondary N) is 6.